The number of rotatable bonds is 8. The molecule has 1 aromatic carbocycles. The lowest BCUT2D eigenvalue weighted by Gasteiger charge is -2.29. The number of carboxylic acid groups (broad SMARTS) is 1. The third kappa shape index (κ3) is 5.88. The predicted octanol–water partition coefficient (Wildman–Crippen LogP) is 3.20. The smallest absolute Gasteiger partial charge is 0.303 e. The van der Waals surface area contributed by atoms with E-state index in [0.29, 0.717) is 12.5 Å². The van der Waals surface area contributed by atoms with Gasteiger partial charge in [-0.15, -0.1) is 0 Å². The molecule has 0 aliphatic rings. The van der Waals surface area contributed by atoms with E-state index in [-0.39, 0.29) is 11.8 Å². The molecule has 0 aromatic heterocycles. The fourth-order valence-electron chi connectivity index (χ4n) is 2.43. The second kappa shape index (κ2) is 7.29. The van der Waals surface area contributed by atoms with Crippen molar-refractivity contribution < 1.29 is 9.90 Å². The van der Waals surface area contributed by atoms with Crippen LogP contribution in [0.5, 0.6) is 0 Å². The van der Waals surface area contributed by atoms with E-state index in [9.17, 15) is 4.79 Å². The van der Waals surface area contributed by atoms with Crippen LogP contribution in [0.25, 0.3) is 0 Å². The monoisotopic (exact) mass is 263 g/mol. The minimum atomic E-state index is -0.723. The van der Waals surface area contributed by atoms with Crippen molar-refractivity contribution in [2.75, 3.05) is 6.54 Å². The van der Waals surface area contributed by atoms with Crippen LogP contribution in [0.15, 0.2) is 30.3 Å². The van der Waals surface area contributed by atoms with Gasteiger partial charge in [0.2, 0.25) is 0 Å². The maximum absolute atomic E-state index is 10.4. The van der Waals surface area contributed by atoms with Gasteiger partial charge in [0.15, 0.2) is 0 Å². The van der Waals surface area contributed by atoms with Crippen LogP contribution in [0.2, 0.25) is 0 Å². The second-order valence-electron chi connectivity index (χ2n) is 5.81. The van der Waals surface area contributed by atoms with Crippen LogP contribution in [-0.2, 0) is 10.2 Å². The zero-order chi connectivity index (χ0) is 14.3. The summed E-state index contributed by atoms with van der Waals surface area (Å²) in [4.78, 5) is 10.4. The molecule has 0 aliphatic carbocycles. The van der Waals surface area contributed by atoms with Crippen LogP contribution in [-0.4, -0.2) is 23.7 Å². The third-order valence-electron chi connectivity index (χ3n) is 3.43. The minimum absolute atomic E-state index is 0.125. The number of benzene rings is 1. The Bertz CT molecular complexity index is 387. The van der Waals surface area contributed by atoms with Gasteiger partial charge in [0.25, 0.3) is 0 Å². The summed E-state index contributed by atoms with van der Waals surface area (Å²) in [7, 11) is 0. The first-order chi connectivity index (χ1) is 8.92. The second-order valence-corrected chi connectivity index (χ2v) is 5.81. The van der Waals surface area contributed by atoms with Gasteiger partial charge in [0.1, 0.15) is 0 Å². The summed E-state index contributed by atoms with van der Waals surface area (Å²) in [5.41, 5.74) is 1.47. The first kappa shape index (κ1) is 15.7. The van der Waals surface area contributed by atoms with Crippen molar-refractivity contribution >= 4 is 5.97 Å². The molecule has 0 saturated heterocycles. The summed E-state index contributed by atoms with van der Waals surface area (Å²) in [5.74, 6) is -0.723. The van der Waals surface area contributed by atoms with Gasteiger partial charge in [-0.05, 0) is 37.3 Å². The molecular formula is C16H25NO2. The van der Waals surface area contributed by atoms with Crippen molar-refractivity contribution in [2.45, 2.75) is 51.5 Å². The van der Waals surface area contributed by atoms with Gasteiger partial charge in [0.05, 0.1) is 0 Å². The number of hydrogen-bond acceptors (Lipinski definition) is 2. The van der Waals surface area contributed by atoms with E-state index in [0.717, 1.165) is 13.0 Å². The van der Waals surface area contributed by atoms with Crippen molar-refractivity contribution in [3.05, 3.63) is 35.9 Å². The third-order valence-corrected chi connectivity index (χ3v) is 3.43. The Morgan fingerprint density at radius 1 is 1.32 bits per heavy atom. The van der Waals surface area contributed by atoms with Crippen molar-refractivity contribution in [3.8, 4) is 0 Å². The normalized spacial score (nSPS) is 13.2. The maximum Gasteiger partial charge on any atom is 0.303 e. The molecule has 1 atom stereocenters. The number of carbonyl (C=O) groups is 1. The molecule has 0 fully saturated rings. The Hall–Kier alpha value is -1.35. The number of aliphatic carboxylic acids is 1. The quantitative estimate of drug-likeness (QED) is 0.708. The van der Waals surface area contributed by atoms with Crippen LogP contribution in [0.4, 0.5) is 0 Å². The predicted molar refractivity (Wildman–Crippen MR) is 78.4 cm³/mol. The number of hydrogen-bond donors (Lipinski definition) is 2. The van der Waals surface area contributed by atoms with Crippen molar-refractivity contribution in [2.24, 2.45) is 0 Å². The van der Waals surface area contributed by atoms with Crippen LogP contribution in [0, 0.1) is 0 Å². The van der Waals surface area contributed by atoms with E-state index in [1.807, 2.05) is 6.07 Å². The average Bonchev–Trinajstić information content (AvgIpc) is 2.35. The van der Waals surface area contributed by atoms with Gasteiger partial charge in [-0.25, -0.2) is 0 Å². The van der Waals surface area contributed by atoms with Crippen LogP contribution >= 0.6 is 0 Å². The summed E-state index contributed by atoms with van der Waals surface area (Å²) in [6.45, 7) is 7.42. The largest absolute Gasteiger partial charge is 0.481 e. The molecule has 0 spiro atoms. The highest BCUT2D eigenvalue weighted by Gasteiger charge is 2.22. The van der Waals surface area contributed by atoms with Gasteiger partial charge in [-0.2, -0.15) is 0 Å². The standard InChI is InChI=1S/C16H25NO2/c1-13(17-11-7-10-15(18)19)12-16(2,3)14-8-5-4-6-9-14/h4-6,8-9,13,17H,7,10-12H2,1-3H3,(H,18,19). The molecule has 0 bridgehead atoms. The number of carboxylic acids is 1. The van der Waals surface area contributed by atoms with E-state index in [1.54, 1.807) is 0 Å². The molecule has 3 nitrogen and oxygen atoms in total. The first-order valence-corrected chi connectivity index (χ1v) is 6.92. The molecule has 1 unspecified atom stereocenters. The Morgan fingerprint density at radius 2 is 1.95 bits per heavy atom. The van der Waals surface area contributed by atoms with E-state index >= 15 is 0 Å². The van der Waals surface area contributed by atoms with Crippen LogP contribution < -0.4 is 5.32 Å². The molecule has 106 valence electrons. The highest BCUT2D eigenvalue weighted by Crippen LogP contribution is 2.27. The van der Waals surface area contributed by atoms with Crippen LogP contribution in [0.3, 0.4) is 0 Å². The summed E-state index contributed by atoms with van der Waals surface area (Å²) < 4.78 is 0. The Morgan fingerprint density at radius 3 is 2.53 bits per heavy atom. The minimum Gasteiger partial charge on any atom is -0.481 e. The highest BCUT2D eigenvalue weighted by atomic mass is 16.4. The molecule has 1 aromatic rings. The first-order valence-electron chi connectivity index (χ1n) is 6.92. The van der Waals surface area contributed by atoms with Gasteiger partial charge >= 0.3 is 5.97 Å². The fourth-order valence-corrected chi connectivity index (χ4v) is 2.43. The molecule has 0 aliphatic heterocycles. The average molecular weight is 263 g/mol. The SMILES string of the molecule is CC(CC(C)(C)c1ccccc1)NCCCC(=O)O. The molecule has 3 heteroatoms. The van der Waals surface area contributed by atoms with E-state index in [4.69, 9.17) is 5.11 Å². The Balaban J connectivity index is 2.38. The molecule has 0 heterocycles. The zero-order valence-electron chi connectivity index (χ0n) is 12.1. The fraction of sp³-hybridized carbons (Fsp3) is 0.562. The van der Waals surface area contributed by atoms with Gasteiger partial charge < -0.3 is 10.4 Å². The summed E-state index contributed by atoms with van der Waals surface area (Å²) in [5, 5.41) is 12.0. The summed E-state index contributed by atoms with van der Waals surface area (Å²) in [6.07, 6.45) is 1.96. The maximum atomic E-state index is 10.4. The van der Waals surface area contributed by atoms with Crippen molar-refractivity contribution in [1.29, 1.82) is 0 Å². The number of nitrogens with one attached hydrogen (secondary N) is 1. The zero-order valence-corrected chi connectivity index (χ0v) is 12.1. The van der Waals surface area contributed by atoms with E-state index < -0.39 is 5.97 Å². The van der Waals surface area contributed by atoms with Gasteiger partial charge in [0, 0.05) is 12.5 Å². The topological polar surface area (TPSA) is 49.3 Å². The van der Waals surface area contributed by atoms with E-state index in [1.165, 1.54) is 5.56 Å². The Kier molecular flexibility index (Phi) is 6.03. The summed E-state index contributed by atoms with van der Waals surface area (Å²) in [6, 6.07) is 10.9. The van der Waals surface area contributed by atoms with Crippen molar-refractivity contribution in [3.63, 3.8) is 0 Å². The molecule has 0 saturated carbocycles. The van der Waals surface area contributed by atoms with E-state index in [2.05, 4.69) is 50.4 Å². The highest BCUT2D eigenvalue weighted by molar-refractivity contribution is 5.66. The van der Waals surface area contributed by atoms with Gasteiger partial charge in [-0.1, -0.05) is 44.2 Å². The summed E-state index contributed by atoms with van der Waals surface area (Å²) >= 11 is 0. The lowest BCUT2D eigenvalue weighted by atomic mass is 9.79. The van der Waals surface area contributed by atoms with Gasteiger partial charge in [-0.3, -0.25) is 4.79 Å². The van der Waals surface area contributed by atoms with Crippen LogP contribution in [0.1, 0.15) is 45.6 Å². The molecule has 0 amide bonds. The molecule has 19 heavy (non-hydrogen) atoms. The lowest BCUT2D eigenvalue weighted by Crippen LogP contribution is -2.34. The molecular weight excluding hydrogens is 238 g/mol. The Labute approximate surface area is 116 Å². The molecule has 0 radical (unpaired) electrons. The molecule has 2 N–H and O–H groups in total. The molecule has 1 rings (SSSR count). The lowest BCUT2D eigenvalue weighted by molar-refractivity contribution is -0.137. The van der Waals surface area contributed by atoms with Crippen molar-refractivity contribution in [1.82, 2.24) is 5.32 Å².